The minimum absolute atomic E-state index is 0.343. The van der Waals surface area contributed by atoms with Crippen LogP contribution in [0.1, 0.15) is 12.5 Å². The molecule has 1 N–H and O–H groups in total. The highest BCUT2D eigenvalue weighted by Crippen LogP contribution is 2.31. The number of nitrogens with zero attached hydrogens (tertiary/aromatic N) is 1. The van der Waals surface area contributed by atoms with E-state index in [1.807, 2.05) is 0 Å². The molecule has 0 aliphatic carbocycles. The van der Waals surface area contributed by atoms with Crippen LogP contribution in [0.3, 0.4) is 0 Å². The molecule has 1 atom stereocenters. The molecule has 0 spiro atoms. The Hall–Kier alpha value is -2.45. The van der Waals surface area contributed by atoms with E-state index < -0.39 is 22.0 Å². The maximum Gasteiger partial charge on any atom is 0.248 e. The Bertz CT molecular complexity index is 978. The Morgan fingerprint density at radius 2 is 1.82 bits per heavy atom. The van der Waals surface area contributed by atoms with Crippen LogP contribution in [0.15, 0.2) is 36.4 Å². The second kappa shape index (κ2) is 8.70. The van der Waals surface area contributed by atoms with Gasteiger partial charge in [-0.05, 0) is 43.7 Å². The predicted molar refractivity (Wildman–Crippen MR) is 111 cm³/mol. The Kier molecular flexibility index (Phi) is 6.79. The Labute approximate surface area is 170 Å². The van der Waals surface area contributed by atoms with Crippen molar-refractivity contribution >= 4 is 38.9 Å². The van der Waals surface area contributed by atoms with E-state index in [9.17, 15) is 13.2 Å². The molecule has 0 saturated carbocycles. The topological polar surface area (TPSA) is 84.9 Å². The first kappa shape index (κ1) is 21.8. The molecule has 0 aromatic heterocycles. The highest BCUT2D eigenvalue weighted by atomic mass is 35.5. The van der Waals surface area contributed by atoms with Crippen molar-refractivity contribution < 1.29 is 22.7 Å². The van der Waals surface area contributed by atoms with Gasteiger partial charge in [-0.1, -0.05) is 17.7 Å². The quantitative estimate of drug-likeness (QED) is 0.732. The van der Waals surface area contributed by atoms with Crippen molar-refractivity contribution in [2.45, 2.75) is 19.9 Å². The number of benzene rings is 2. The monoisotopic (exact) mass is 426 g/mol. The number of amides is 1. The minimum Gasteiger partial charge on any atom is -0.497 e. The van der Waals surface area contributed by atoms with Crippen LogP contribution in [0, 0.1) is 6.92 Å². The molecule has 7 nitrogen and oxygen atoms in total. The van der Waals surface area contributed by atoms with E-state index >= 15 is 0 Å². The molecule has 2 aromatic carbocycles. The van der Waals surface area contributed by atoms with Crippen molar-refractivity contribution in [3.8, 4) is 11.5 Å². The molecule has 2 aromatic rings. The summed E-state index contributed by atoms with van der Waals surface area (Å²) >= 11 is 6.05. The van der Waals surface area contributed by atoms with Crippen LogP contribution in [-0.4, -0.2) is 40.8 Å². The zero-order valence-corrected chi connectivity index (χ0v) is 17.9. The molecule has 1 amide bonds. The van der Waals surface area contributed by atoms with E-state index in [0.29, 0.717) is 33.5 Å². The third-order valence-electron chi connectivity index (χ3n) is 4.16. The molecular formula is C19H23ClN2O5S. The number of anilines is 2. The van der Waals surface area contributed by atoms with Gasteiger partial charge < -0.3 is 14.8 Å². The number of nitrogens with one attached hydrogen (secondary N) is 1. The van der Waals surface area contributed by atoms with Gasteiger partial charge in [-0.25, -0.2) is 8.42 Å². The molecule has 0 bridgehead atoms. The molecule has 0 heterocycles. The lowest BCUT2D eigenvalue weighted by Crippen LogP contribution is -2.45. The standard InChI is InChI=1S/C19H23ClN2O5S/c1-12-6-7-14(20)10-17(12)22(28(5,24)25)13(2)19(23)21-16-11-15(26-3)8-9-18(16)27-4/h6-11,13H,1-5H3,(H,21,23)/t13-/m0/s1. The number of halogens is 1. The molecule has 0 fully saturated rings. The van der Waals surface area contributed by atoms with Crippen LogP contribution in [0.2, 0.25) is 5.02 Å². The van der Waals surface area contributed by atoms with Crippen LogP contribution in [0.4, 0.5) is 11.4 Å². The summed E-state index contributed by atoms with van der Waals surface area (Å²) in [6.07, 6.45) is 1.04. The Morgan fingerprint density at radius 3 is 2.39 bits per heavy atom. The van der Waals surface area contributed by atoms with Crippen molar-refractivity contribution in [1.29, 1.82) is 0 Å². The van der Waals surface area contributed by atoms with Crippen LogP contribution >= 0.6 is 11.6 Å². The summed E-state index contributed by atoms with van der Waals surface area (Å²) in [6.45, 7) is 3.25. The first-order valence-electron chi connectivity index (χ1n) is 8.37. The van der Waals surface area contributed by atoms with Gasteiger partial charge in [-0.3, -0.25) is 9.10 Å². The summed E-state index contributed by atoms with van der Waals surface area (Å²) in [5.41, 5.74) is 1.39. The largest absolute Gasteiger partial charge is 0.497 e. The van der Waals surface area contributed by atoms with Gasteiger partial charge in [0.15, 0.2) is 0 Å². The number of hydrogen-bond donors (Lipinski definition) is 1. The maximum absolute atomic E-state index is 12.9. The van der Waals surface area contributed by atoms with Gasteiger partial charge in [0.2, 0.25) is 15.9 Å². The van der Waals surface area contributed by atoms with Gasteiger partial charge >= 0.3 is 0 Å². The summed E-state index contributed by atoms with van der Waals surface area (Å²) in [7, 11) is -0.790. The van der Waals surface area contributed by atoms with E-state index in [4.69, 9.17) is 21.1 Å². The van der Waals surface area contributed by atoms with Gasteiger partial charge in [0.1, 0.15) is 17.5 Å². The summed E-state index contributed by atoms with van der Waals surface area (Å²) < 4.78 is 36.4. The molecule has 0 radical (unpaired) electrons. The third-order valence-corrected chi connectivity index (χ3v) is 5.62. The zero-order valence-electron chi connectivity index (χ0n) is 16.3. The van der Waals surface area contributed by atoms with Crippen molar-refractivity contribution in [3.05, 3.63) is 47.0 Å². The molecule has 152 valence electrons. The minimum atomic E-state index is -3.76. The maximum atomic E-state index is 12.9. The molecule has 28 heavy (non-hydrogen) atoms. The molecule has 2 rings (SSSR count). The summed E-state index contributed by atoms with van der Waals surface area (Å²) in [5.74, 6) is 0.414. The molecule has 0 saturated heterocycles. The van der Waals surface area contributed by atoms with Crippen molar-refractivity contribution in [3.63, 3.8) is 0 Å². The van der Waals surface area contributed by atoms with Gasteiger partial charge in [0.25, 0.3) is 0 Å². The summed E-state index contributed by atoms with van der Waals surface area (Å²) in [4.78, 5) is 12.9. The normalized spacial score (nSPS) is 12.2. The number of carbonyl (C=O) groups is 1. The van der Waals surface area contributed by atoms with Crippen molar-refractivity contribution in [2.75, 3.05) is 30.1 Å². The number of sulfonamides is 1. The van der Waals surface area contributed by atoms with Gasteiger partial charge in [0.05, 0.1) is 31.9 Å². The predicted octanol–water partition coefficient (Wildman–Crippen LogP) is 3.46. The zero-order chi connectivity index (χ0) is 21.1. The number of rotatable bonds is 7. The van der Waals surface area contributed by atoms with Gasteiger partial charge in [-0.15, -0.1) is 0 Å². The number of methoxy groups -OCH3 is 2. The molecule has 9 heteroatoms. The number of ether oxygens (including phenoxy) is 2. The highest BCUT2D eigenvalue weighted by Gasteiger charge is 2.30. The van der Waals surface area contributed by atoms with Crippen LogP contribution in [0.25, 0.3) is 0 Å². The van der Waals surface area contributed by atoms with E-state index in [-0.39, 0.29) is 0 Å². The average molecular weight is 427 g/mol. The fraction of sp³-hybridized carbons (Fsp3) is 0.316. The summed E-state index contributed by atoms with van der Waals surface area (Å²) in [5, 5.41) is 3.08. The number of aryl methyl sites for hydroxylation is 1. The van der Waals surface area contributed by atoms with E-state index in [1.165, 1.54) is 27.2 Å². The SMILES string of the molecule is COc1ccc(OC)c(NC(=O)[C@H](C)N(c2cc(Cl)ccc2C)S(C)(=O)=O)c1. The lowest BCUT2D eigenvalue weighted by atomic mass is 10.1. The first-order valence-corrected chi connectivity index (χ1v) is 10.6. The Morgan fingerprint density at radius 1 is 1.14 bits per heavy atom. The first-order chi connectivity index (χ1) is 13.1. The van der Waals surface area contributed by atoms with Crippen LogP contribution in [0.5, 0.6) is 11.5 Å². The van der Waals surface area contributed by atoms with Gasteiger partial charge in [-0.2, -0.15) is 0 Å². The average Bonchev–Trinajstić information content (AvgIpc) is 2.63. The third kappa shape index (κ3) is 4.88. The molecule has 0 aliphatic rings. The van der Waals surface area contributed by atoms with E-state index in [2.05, 4.69) is 5.32 Å². The second-order valence-electron chi connectivity index (χ2n) is 6.22. The van der Waals surface area contributed by atoms with Crippen molar-refractivity contribution in [1.82, 2.24) is 0 Å². The van der Waals surface area contributed by atoms with Crippen LogP contribution in [-0.2, 0) is 14.8 Å². The highest BCUT2D eigenvalue weighted by molar-refractivity contribution is 7.92. The Balaban J connectivity index is 2.42. The smallest absolute Gasteiger partial charge is 0.248 e. The van der Waals surface area contributed by atoms with E-state index in [1.54, 1.807) is 37.3 Å². The second-order valence-corrected chi connectivity index (χ2v) is 8.52. The number of carbonyl (C=O) groups excluding carboxylic acids is 1. The molecular weight excluding hydrogens is 404 g/mol. The number of hydrogen-bond acceptors (Lipinski definition) is 5. The van der Waals surface area contributed by atoms with Gasteiger partial charge in [0, 0.05) is 11.1 Å². The lowest BCUT2D eigenvalue weighted by molar-refractivity contribution is -0.116. The molecule has 0 aliphatic heterocycles. The lowest BCUT2D eigenvalue weighted by Gasteiger charge is -2.29. The van der Waals surface area contributed by atoms with E-state index in [0.717, 1.165) is 10.6 Å². The molecule has 0 unspecified atom stereocenters. The van der Waals surface area contributed by atoms with Crippen molar-refractivity contribution in [2.24, 2.45) is 0 Å². The van der Waals surface area contributed by atoms with Crippen LogP contribution < -0.4 is 19.1 Å². The fourth-order valence-corrected chi connectivity index (χ4v) is 4.14. The fourth-order valence-electron chi connectivity index (χ4n) is 2.75. The summed E-state index contributed by atoms with van der Waals surface area (Å²) in [6, 6.07) is 8.78.